The molecule has 1 N–H and O–H groups in total. The first-order valence-electron chi connectivity index (χ1n) is 14.3. The Morgan fingerprint density at radius 1 is 0.927 bits per heavy atom. The van der Waals surface area contributed by atoms with Crippen molar-refractivity contribution in [2.24, 2.45) is 0 Å². The summed E-state index contributed by atoms with van der Waals surface area (Å²) in [5.74, 6) is 1.64. The lowest BCUT2D eigenvalue weighted by Gasteiger charge is -2.44. The number of nitrogens with one attached hydrogen (secondary N) is 1. The molecular formula is C34H39N3O4. The average molecular weight is 554 g/mol. The van der Waals surface area contributed by atoms with Gasteiger partial charge in [-0.05, 0) is 66.3 Å². The Bertz CT molecular complexity index is 1390. The van der Waals surface area contributed by atoms with E-state index in [0.29, 0.717) is 39.3 Å². The minimum Gasteiger partial charge on any atom is -0.490 e. The molecule has 1 saturated heterocycles. The molecule has 2 amide bonds. The molecule has 1 fully saturated rings. The Labute approximate surface area is 242 Å². The van der Waals surface area contributed by atoms with Crippen molar-refractivity contribution >= 4 is 17.4 Å². The van der Waals surface area contributed by atoms with E-state index in [0.717, 1.165) is 40.2 Å². The van der Waals surface area contributed by atoms with Crippen molar-refractivity contribution in [2.75, 3.05) is 39.9 Å². The van der Waals surface area contributed by atoms with Crippen molar-refractivity contribution in [3.8, 4) is 11.5 Å². The van der Waals surface area contributed by atoms with Crippen molar-refractivity contribution in [2.45, 2.75) is 38.8 Å². The molecule has 2 atom stereocenters. The lowest BCUT2D eigenvalue weighted by molar-refractivity contribution is -0.132. The number of nitrogens with zero attached hydrogens (tertiary/aromatic N) is 2. The largest absolute Gasteiger partial charge is 0.490 e. The van der Waals surface area contributed by atoms with Crippen LogP contribution in [0.2, 0.25) is 0 Å². The average Bonchev–Trinajstić information content (AvgIpc) is 2.98. The third-order valence-electron chi connectivity index (χ3n) is 7.82. The van der Waals surface area contributed by atoms with E-state index in [1.807, 2.05) is 90.5 Å². The smallest absolute Gasteiger partial charge is 0.251 e. The predicted octanol–water partition coefficient (Wildman–Crippen LogP) is 4.50. The van der Waals surface area contributed by atoms with Gasteiger partial charge in [0, 0.05) is 45.2 Å². The number of carbonyl (C=O) groups excluding carboxylic acids is 2. The summed E-state index contributed by atoms with van der Waals surface area (Å²) in [6.45, 7) is 6.27. The van der Waals surface area contributed by atoms with Crippen molar-refractivity contribution < 1.29 is 19.1 Å². The fourth-order valence-corrected chi connectivity index (χ4v) is 5.65. The van der Waals surface area contributed by atoms with Crippen LogP contribution in [-0.2, 0) is 16.0 Å². The van der Waals surface area contributed by atoms with E-state index in [4.69, 9.17) is 9.47 Å². The van der Waals surface area contributed by atoms with Crippen LogP contribution in [0.3, 0.4) is 0 Å². The highest BCUT2D eigenvalue weighted by atomic mass is 16.5. The molecule has 41 heavy (non-hydrogen) atoms. The quantitative estimate of drug-likeness (QED) is 0.375. The first-order chi connectivity index (χ1) is 19.9. The molecule has 0 saturated carbocycles. The van der Waals surface area contributed by atoms with Gasteiger partial charge in [-0.2, -0.15) is 0 Å². The molecule has 0 aromatic heterocycles. The summed E-state index contributed by atoms with van der Waals surface area (Å²) >= 11 is 0. The van der Waals surface area contributed by atoms with Gasteiger partial charge in [0.25, 0.3) is 5.91 Å². The van der Waals surface area contributed by atoms with E-state index in [9.17, 15) is 9.59 Å². The molecule has 2 aliphatic heterocycles. The molecule has 0 radical (unpaired) electrons. The summed E-state index contributed by atoms with van der Waals surface area (Å²) in [5.41, 5.74) is 5.17. The molecule has 2 aliphatic rings. The number of ether oxygens (including phenoxy) is 2. The van der Waals surface area contributed by atoms with E-state index >= 15 is 0 Å². The lowest BCUT2D eigenvalue weighted by Crippen LogP contribution is -2.61. The van der Waals surface area contributed by atoms with Gasteiger partial charge >= 0.3 is 0 Å². The number of hydrogen-bond donors (Lipinski definition) is 1. The van der Waals surface area contributed by atoms with Crippen LogP contribution in [0.5, 0.6) is 11.5 Å². The van der Waals surface area contributed by atoms with Crippen molar-refractivity contribution in [1.82, 2.24) is 15.1 Å². The molecular weight excluding hydrogens is 514 g/mol. The van der Waals surface area contributed by atoms with E-state index in [1.165, 1.54) is 5.56 Å². The Morgan fingerprint density at radius 3 is 2.37 bits per heavy atom. The van der Waals surface area contributed by atoms with Crippen LogP contribution >= 0.6 is 0 Å². The number of rotatable bonds is 10. The van der Waals surface area contributed by atoms with E-state index in [2.05, 4.69) is 17.4 Å². The lowest BCUT2D eigenvalue weighted by atomic mass is 9.83. The SMILES string of the molecule is CC(=O)N1CC2CC(c3ccc(OCCOc4cccc(C)c4)cc3)=C(C(=O)N(C)CCc3ccccc3)C(C1)N2. The third-order valence-corrected chi connectivity index (χ3v) is 7.82. The molecule has 5 rings (SSSR count). The maximum absolute atomic E-state index is 13.9. The van der Waals surface area contributed by atoms with Gasteiger partial charge < -0.3 is 24.6 Å². The van der Waals surface area contributed by atoms with Gasteiger partial charge in [-0.25, -0.2) is 0 Å². The van der Waals surface area contributed by atoms with E-state index in [1.54, 1.807) is 6.92 Å². The highest BCUT2D eigenvalue weighted by molar-refractivity contribution is 6.03. The van der Waals surface area contributed by atoms with Crippen LogP contribution < -0.4 is 14.8 Å². The molecule has 3 aromatic rings. The molecule has 2 bridgehead atoms. The van der Waals surface area contributed by atoms with Crippen LogP contribution in [0.4, 0.5) is 0 Å². The number of amides is 2. The Kier molecular flexibility index (Phi) is 9.04. The maximum atomic E-state index is 13.9. The number of benzene rings is 3. The molecule has 0 aliphatic carbocycles. The number of likely N-dealkylation sites (N-methyl/N-ethyl adjacent to an activating group) is 1. The first kappa shape index (κ1) is 28.4. The van der Waals surface area contributed by atoms with Gasteiger partial charge in [-0.15, -0.1) is 0 Å². The number of fused-ring (bicyclic) bond motifs is 2. The highest BCUT2D eigenvalue weighted by Gasteiger charge is 2.39. The second kappa shape index (κ2) is 13.0. The third kappa shape index (κ3) is 7.16. The van der Waals surface area contributed by atoms with Crippen LogP contribution in [-0.4, -0.2) is 73.6 Å². The topological polar surface area (TPSA) is 71.1 Å². The molecule has 3 aromatic carbocycles. The highest BCUT2D eigenvalue weighted by Crippen LogP contribution is 2.34. The number of piperazine rings is 1. The summed E-state index contributed by atoms with van der Waals surface area (Å²) in [6.07, 6.45) is 1.46. The van der Waals surface area contributed by atoms with Gasteiger partial charge in [0.2, 0.25) is 5.91 Å². The Balaban J connectivity index is 1.30. The van der Waals surface area contributed by atoms with Gasteiger partial charge in [-0.1, -0.05) is 54.6 Å². The molecule has 7 heteroatoms. The molecule has 7 nitrogen and oxygen atoms in total. The summed E-state index contributed by atoms with van der Waals surface area (Å²) in [4.78, 5) is 29.9. The normalized spacial score (nSPS) is 18.2. The van der Waals surface area contributed by atoms with Crippen LogP contribution in [0.1, 0.15) is 30.0 Å². The second-order valence-electron chi connectivity index (χ2n) is 10.9. The molecule has 214 valence electrons. The van der Waals surface area contributed by atoms with Gasteiger partial charge in [-0.3, -0.25) is 9.59 Å². The van der Waals surface area contributed by atoms with Crippen molar-refractivity contribution in [3.05, 3.63) is 101 Å². The van der Waals surface area contributed by atoms with Gasteiger partial charge in [0.05, 0.1) is 6.04 Å². The monoisotopic (exact) mass is 553 g/mol. The number of aryl methyl sites for hydroxylation is 1. The number of carbonyl (C=O) groups is 2. The maximum Gasteiger partial charge on any atom is 0.251 e. The standard InChI is InChI=1S/C34H39N3O4/c1-24-8-7-11-30(20-24)41-19-18-40-29-14-12-27(13-15-29)31-21-28-22-37(25(2)38)23-32(35-28)33(31)34(39)36(3)17-16-26-9-5-4-6-10-26/h4-15,20,28,32,35H,16-19,21-23H2,1-3H3. The first-order valence-corrected chi connectivity index (χ1v) is 14.3. The summed E-state index contributed by atoms with van der Waals surface area (Å²) < 4.78 is 11.7. The summed E-state index contributed by atoms with van der Waals surface area (Å²) in [7, 11) is 1.86. The Hall–Kier alpha value is -4.10. The van der Waals surface area contributed by atoms with Crippen molar-refractivity contribution in [1.29, 1.82) is 0 Å². The fraction of sp³-hybridized carbons (Fsp3) is 0.353. The predicted molar refractivity (Wildman–Crippen MR) is 161 cm³/mol. The minimum absolute atomic E-state index is 0.00547. The van der Waals surface area contributed by atoms with E-state index in [-0.39, 0.29) is 23.9 Å². The van der Waals surface area contributed by atoms with Crippen LogP contribution in [0.25, 0.3) is 5.57 Å². The van der Waals surface area contributed by atoms with Gasteiger partial charge in [0.1, 0.15) is 24.7 Å². The summed E-state index contributed by atoms with van der Waals surface area (Å²) in [6, 6.07) is 26.0. The van der Waals surface area contributed by atoms with Crippen molar-refractivity contribution in [3.63, 3.8) is 0 Å². The second-order valence-corrected chi connectivity index (χ2v) is 10.9. The Morgan fingerprint density at radius 2 is 1.66 bits per heavy atom. The number of hydrogen-bond acceptors (Lipinski definition) is 5. The van der Waals surface area contributed by atoms with Crippen LogP contribution in [0, 0.1) is 6.92 Å². The zero-order valence-corrected chi connectivity index (χ0v) is 24.1. The summed E-state index contributed by atoms with van der Waals surface area (Å²) in [5, 5.41) is 3.62. The molecule has 2 unspecified atom stereocenters. The van der Waals surface area contributed by atoms with Crippen LogP contribution in [0.15, 0.2) is 84.4 Å². The zero-order valence-electron chi connectivity index (χ0n) is 24.1. The molecule has 0 spiro atoms. The van der Waals surface area contributed by atoms with Gasteiger partial charge in [0.15, 0.2) is 0 Å². The molecule has 2 heterocycles. The fourth-order valence-electron chi connectivity index (χ4n) is 5.65. The zero-order chi connectivity index (χ0) is 28.8. The van der Waals surface area contributed by atoms with E-state index < -0.39 is 0 Å². The minimum atomic E-state index is -0.206.